The summed E-state index contributed by atoms with van der Waals surface area (Å²) in [6.07, 6.45) is 3.43. The van der Waals surface area contributed by atoms with E-state index in [0.29, 0.717) is 24.3 Å². The molecule has 1 aromatic heterocycles. The van der Waals surface area contributed by atoms with Gasteiger partial charge >= 0.3 is 0 Å². The van der Waals surface area contributed by atoms with Gasteiger partial charge < -0.3 is 10.5 Å². The SMILES string of the molecule is CC(C)n1cc(Oc2c(F)cc(CCN)cc2F)cn1. The van der Waals surface area contributed by atoms with Crippen molar-refractivity contribution in [3.63, 3.8) is 0 Å². The van der Waals surface area contributed by atoms with E-state index in [1.165, 1.54) is 18.3 Å². The molecular formula is C14H17F2N3O. The lowest BCUT2D eigenvalue weighted by Gasteiger charge is -2.08. The Labute approximate surface area is 116 Å². The molecule has 1 heterocycles. The summed E-state index contributed by atoms with van der Waals surface area (Å²) in [4.78, 5) is 0. The van der Waals surface area contributed by atoms with Crippen molar-refractivity contribution in [3.8, 4) is 11.5 Å². The summed E-state index contributed by atoms with van der Waals surface area (Å²) in [6.45, 7) is 4.22. The first-order chi connectivity index (χ1) is 9.51. The van der Waals surface area contributed by atoms with E-state index in [1.54, 1.807) is 10.9 Å². The predicted octanol–water partition coefficient (Wildman–Crippen LogP) is 3.04. The van der Waals surface area contributed by atoms with Crippen LogP contribution < -0.4 is 10.5 Å². The molecule has 0 radical (unpaired) electrons. The molecule has 2 rings (SSSR count). The Kier molecular flexibility index (Phi) is 4.34. The van der Waals surface area contributed by atoms with E-state index < -0.39 is 17.4 Å². The van der Waals surface area contributed by atoms with Crippen LogP contribution in [0.15, 0.2) is 24.5 Å². The van der Waals surface area contributed by atoms with Gasteiger partial charge in [-0.1, -0.05) is 0 Å². The van der Waals surface area contributed by atoms with Crippen molar-refractivity contribution in [1.82, 2.24) is 9.78 Å². The smallest absolute Gasteiger partial charge is 0.198 e. The van der Waals surface area contributed by atoms with Crippen molar-refractivity contribution in [1.29, 1.82) is 0 Å². The number of aromatic nitrogens is 2. The van der Waals surface area contributed by atoms with Crippen LogP contribution in [0.3, 0.4) is 0 Å². The third-order valence-electron chi connectivity index (χ3n) is 2.82. The van der Waals surface area contributed by atoms with Gasteiger partial charge in [-0.05, 0) is 44.5 Å². The Bertz CT molecular complexity index is 573. The first kappa shape index (κ1) is 14.5. The topological polar surface area (TPSA) is 53.1 Å². The van der Waals surface area contributed by atoms with Crippen LogP contribution >= 0.6 is 0 Å². The van der Waals surface area contributed by atoms with Crippen molar-refractivity contribution in [2.24, 2.45) is 5.73 Å². The Morgan fingerprint density at radius 1 is 1.30 bits per heavy atom. The molecule has 0 saturated carbocycles. The zero-order valence-corrected chi connectivity index (χ0v) is 11.4. The van der Waals surface area contributed by atoms with E-state index in [1.807, 2.05) is 13.8 Å². The van der Waals surface area contributed by atoms with E-state index in [9.17, 15) is 8.78 Å². The van der Waals surface area contributed by atoms with Crippen molar-refractivity contribution in [2.75, 3.05) is 6.54 Å². The van der Waals surface area contributed by atoms with Crippen molar-refractivity contribution in [3.05, 3.63) is 41.7 Å². The highest BCUT2D eigenvalue weighted by Crippen LogP contribution is 2.28. The molecular weight excluding hydrogens is 264 g/mol. The lowest BCUT2D eigenvalue weighted by atomic mass is 10.1. The van der Waals surface area contributed by atoms with Gasteiger partial charge in [0.1, 0.15) is 0 Å². The van der Waals surface area contributed by atoms with Crippen molar-refractivity contribution in [2.45, 2.75) is 26.3 Å². The van der Waals surface area contributed by atoms with Crippen LogP contribution in [-0.2, 0) is 6.42 Å². The van der Waals surface area contributed by atoms with Crippen LogP contribution in [0.25, 0.3) is 0 Å². The number of hydrogen-bond donors (Lipinski definition) is 1. The van der Waals surface area contributed by atoms with Gasteiger partial charge in [0.25, 0.3) is 0 Å². The second kappa shape index (κ2) is 6.00. The molecule has 0 aliphatic heterocycles. The second-order valence-electron chi connectivity index (χ2n) is 4.78. The van der Waals surface area contributed by atoms with Crippen LogP contribution in [0.2, 0.25) is 0 Å². The molecule has 0 aliphatic rings. The normalized spacial score (nSPS) is 11.1. The van der Waals surface area contributed by atoms with E-state index >= 15 is 0 Å². The average Bonchev–Trinajstić information content (AvgIpc) is 2.83. The van der Waals surface area contributed by atoms with Crippen LogP contribution in [0, 0.1) is 11.6 Å². The largest absolute Gasteiger partial charge is 0.448 e. The lowest BCUT2D eigenvalue weighted by molar-refractivity contribution is 0.405. The Hall–Kier alpha value is -1.95. The molecule has 0 amide bonds. The first-order valence-corrected chi connectivity index (χ1v) is 6.41. The summed E-state index contributed by atoms with van der Waals surface area (Å²) in [5.41, 5.74) is 5.87. The summed E-state index contributed by atoms with van der Waals surface area (Å²) in [5, 5.41) is 4.05. The van der Waals surface area contributed by atoms with Gasteiger partial charge in [0.15, 0.2) is 23.1 Å². The molecule has 0 unspecified atom stereocenters. The number of hydrogen-bond acceptors (Lipinski definition) is 3. The summed E-state index contributed by atoms with van der Waals surface area (Å²) in [5.74, 6) is -1.62. The second-order valence-corrected chi connectivity index (χ2v) is 4.78. The molecule has 6 heteroatoms. The Balaban J connectivity index is 2.24. The molecule has 0 spiro atoms. The number of nitrogens with zero attached hydrogens (tertiary/aromatic N) is 2. The van der Waals surface area contributed by atoms with Crippen molar-refractivity contribution >= 4 is 0 Å². The fourth-order valence-corrected chi connectivity index (χ4v) is 1.79. The molecule has 2 N–H and O–H groups in total. The quantitative estimate of drug-likeness (QED) is 0.916. The number of nitrogens with two attached hydrogens (primary N) is 1. The number of benzene rings is 1. The molecule has 20 heavy (non-hydrogen) atoms. The maximum absolute atomic E-state index is 13.9. The van der Waals surface area contributed by atoms with Gasteiger partial charge in [0, 0.05) is 6.04 Å². The highest BCUT2D eigenvalue weighted by Gasteiger charge is 2.14. The van der Waals surface area contributed by atoms with E-state index in [4.69, 9.17) is 10.5 Å². The van der Waals surface area contributed by atoms with Gasteiger partial charge in [0.2, 0.25) is 0 Å². The molecule has 2 aromatic rings. The van der Waals surface area contributed by atoms with Crippen LogP contribution in [0.4, 0.5) is 8.78 Å². The molecule has 0 atom stereocenters. The molecule has 4 nitrogen and oxygen atoms in total. The van der Waals surface area contributed by atoms with Gasteiger partial charge in [-0.2, -0.15) is 5.10 Å². The Morgan fingerprint density at radius 3 is 2.45 bits per heavy atom. The lowest BCUT2D eigenvalue weighted by Crippen LogP contribution is -2.04. The van der Waals surface area contributed by atoms with E-state index in [-0.39, 0.29) is 6.04 Å². The van der Waals surface area contributed by atoms with Gasteiger partial charge in [-0.3, -0.25) is 4.68 Å². The van der Waals surface area contributed by atoms with E-state index in [0.717, 1.165) is 0 Å². The average molecular weight is 281 g/mol. The molecule has 1 aromatic carbocycles. The fourth-order valence-electron chi connectivity index (χ4n) is 1.79. The minimum Gasteiger partial charge on any atom is -0.448 e. The summed E-state index contributed by atoms with van der Waals surface area (Å²) in [6, 6.07) is 2.62. The number of halogens is 2. The maximum Gasteiger partial charge on any atom is 0.198 e. The number of rotatable bonds is 5. The third kappa shape index (κ3) is 3.14. The summed E-state index contributed by atoms with van der Waals surface area (Å²) in [7, 11) is 0. The zero-order valence-electron chi connectivity index (χ0n) is 11.4. The minimum absolute atomic E-state index is 0.147. The van der Waals surface area contributed by atoms with Gasteiger partial charge in [0.05, 0.1) is 12.4 Å². The minimum atomic E-state index is -0.745. The summed E-state index contributed by atoms with van der Waals surface area (Å²) < 4.78 is 34.6. The monoisotopic (exact) mass is 281 g/mol. The maximum atomic E-state index is 13.9. The van der Waals surface area contributed by atoms with Crippen molar-refractivity contribution < 1.29 is 13.5 Å². The molecule has 0 fully saturated rings. The van der Waals surface area contributed by atoms with E-state index in [2.05, 4.69) is 5.10 Å². The standard InChI is InChI=1S/C14H17F2N3O/c1-9(2)19-8-11(7-18-19)20-14-12(15)5-10(3-4-17)6-13(14)16/h5-9H,3-4,17H2,1-2H3. The number of ether oxygens (including phenoxy) is 1. The Morgan fingerprint density at radius 2 is 1.95 bits per heavy atom. The molecule has 0 bridgehead atoms. The first-order valence-electron chi connectivity index (χ1n) is 6.41. The highest BCUT2D eigenvalue weighted by atomic mass is 19.1. The third-order valence-corrected chi connectivity index (χ3v) is 2.82. The molecule has 0 aliphatic carbocycles. The highest BCUT2D eigenvalue weighted by molar-refractivity contribution is 5.34. The molecule has 108 valence electrons. The molecule has 0 saturated heterocycles. The van der Waals surface area contributed by atoms with Gasteiger partial charge in [-0.25, -0.2) is 8.78 Å². The zero-order chi connectivity index (χ0) is 14.7. The predicted molar refractivity (Wildman–Crippen MR) is 71.8 cm³/mol. The fraction of sp³-hybridized carbons (Fsp3) is 0.357. The van der Waals surface area contributed by atoms with Crippen LogP contribution in [-0.4, -0.2) is 16.3 Å². The van der Waals surface area contributed by atoms with Gasteiger partial charge in [-0.15, -0.1) is 0 Å². The van der Waals surface area contributed by atoms with Crippen LogP contribution in [0.5, 0.6) is 11.5 Å². The van der Waals surface area contributed by atoms with Crippen LogP contribution in [0.1, 0.15) is 25.5 Å². The summed E-state index contributed by atoms with van der Waals surface area (Å²) >= 11 is 0.